The van der Waals surface area contributed by atoms with E-state index in [4.69, 9.17) is 10.5 Å². The SMILES string of the molecule is COc1csc(-c2nnc(C(C)N)s2)c1. The molecule has 1 unspecified atom stereocenters. The molecule has 4 nitrogen and oxygen atoms in total. The van der Waals surface area contributed by atoms with Gasteiger partial charge in [0.05, 0.1) is 18.0 Å². The van der Waals surface area contributed by atoms with Crippen LogP contribution in [0.1, 0.15) is 18.0 Å². The van der Waals surface area contributed by atoms with Crippen molar-refractivity contribution in [3.05, 3.63) is 16.5 Å². The van der Waals surface area contributed by atoms with Crippen molar-refractivity contribution in [2.75, 3.05) is 7.11 Å². The van der Waals surface area contributed by atoms with Crippen LogP contribution in [-0.4, -0.2) is 17.3 Å². The summed E-state index contributed by atoms with van der Waals surface area (Å²) in [5.74, 6) is 0.854. The second kappa shape index (κ2) is 4.26. The quantitative estimate of drug-likeness (QED) is 0.895. The van der Waals surface area contributed by atoms with E-state index in [-0.39, 0.29) is 6.04 Å². The maximum absolute atomic E-state index is 5.72. The van der Waals surface area contributed by atoms with E-state index in [0.29, 0.717) is 0 Å². The van der Waals surface area contributed by atoms with Gasteiger partial charge in [0, 0.05) is 11.4 Å². The van der Waals surface area contributed by atoms with Gasteiger partial charge in [-0.1, -0.05) is 11.3 Å². The molecule has 1 atom stereocenters. The largest absolute Gasteiger partial charge is 0.496 e. The lowest BCUT2D eigenvalue weighted by atomic mass is 10.4. The fourth-order valence-corrected chi connectivity index (χ4v) is 2.77. The Balaban J connectivity index is 2.28. The first-order chi connectivity index (χ1) is 7.20. The average molecular weight is 241 g/mol. The number of hydrogen-bond acceptors (Lipinski definition) is 6. The summed E-state index contributed by atoms with van der Waals surface area (Å²) in [4.78, 5) is 1.07. The van der Waals surface area contributed by atoms with Crippen LogP contribution in [-0.2, 0) is 0 Å². The number of ether oxygens (including phenoxy) is 1. The molecular weight excluding hydrogens is 230 g/mol. The number of nitrogens with two attached hydrogens (primary N) is 1. The van der Waals surface area contributed by atoms with Crippen LogP contribution in [0, 0.1) is 0 Å². The number of aromatic nitrogens is 2. The summed E-state index contributed by atoms with van der Waals surface area (Å²) in [5.41, 5.74) is 5.72. The van der Waals surface area contributed by atoms with Gasteiger partial charge < -0.3 is 10.5 Å². The Labute approximate surface area is 95.7 Å². The molecule has 0 radical (unpaired) electrons. The predicted molar refractivity (Wildman–Crippen MR) is 62.4 cm³/mol. The number of thiophene rings is 1. The van der Waals surface area contributed by atoms with E-state index in [1.807, 2.05) is 18.4 Å². The molecule has 0 spiro atoms. The minimum Gasteiger partial charge on any atom is -0.496 e. The summed E-state index contributed by atoms with van der Waals surface area (Å²) in [5, 5.41) is 11.8. The van der Waals surface area contributed by atoms with Gasteiger partial charge in [0.15, 0.2) is 5.01 Å². The van der Waals surface area contributed by atoms with Gasteiger partial charge in [0.2, 0.25) is 0 Å². The maximum Gasteiger partial charge on any atom is 0.158 e. The van der Waals surface area contributed by atoms with Crippen LogP contribution in [0.2, 0.25) is 0 Å². The number of hydrogen-bond donors (Lipinski definition) is 1. The molecule has 2 aromatic heterocycles. The molecule has 6 heteroatoms. The van der Waals surface area contributed by atoms with Crippen molar-refractivity contribution in [2.24, 2.45) is 5.73 Å². The van der Waals surface area contributed by atoms with Gasteiger partial charge in [0.1, 0.15) is 10.8 Å². The average Bonchev–Trinajstić information content (AvgIpc) is 2.86. The second-order valence-corrected chi connectivity index (χ2v) is 5.01. The van der Waals surface area contributed by atoms with Crippen LogP contribution in [0.3, 0.4) is 0 Å². The van der Waals surface area contributed by atoms with Gasteiger partial charge in [-0.3, -0.25) is 0 Å². The molecule has 0 fully saturated rings. The normalized spacial score (nSPS) is 12.7. The summed E-state index contributed by atoms with van der Waals surface area (Å²) < 4.78 is 5.11. The smallest absolute Gasteiger partial charge is 0.158 e. The molecule has 2 rings (SSSR count). The zero-order chi connectivity index (χ0) is 10.8. The van der Waals surface area contributed by atoms with Gasteiger partial charge in [-0.15, -0.1) is 21.5 Å². The molecular formula is C9H11N3OS2. The standard InChI is InChI=1S/C9H11N3OS2/c1-5(10)8-11-12-9(15-8)7-3-6(13-2)4-14-7/h3-5H,10H2,1-2H3. The van der Waals surface area contributed by atoms with Crippen molar-refractivity contribution < 1.29 is 4.74 Å². The molecule has 2 aromatic rings. The predicted octanol–water partition coefficient (Wildman–Crippen LogP) is 2.29. The molecule has 80 valence electrons. The Morgan fingerprint density at radius 3 is 2.80 bits per heavy atom. The molecule has 15 heavy (non-hydrogen) atoms. The summed E-state index contributed by atoms with van der Waals surface area (Å²) >= 11 is 3.12. The summed E-state index contributed by atoms with van der Waals surface area (Å²) in [6.07, 6.45) is 0. The van der Waals surface area contributed by atoms with Gasteiger partial charge in [-0.2, -0.15) is 0 Å². The van der Waals surface area contributed by atoms with Gasteiger partial charge in [-0.25, -0.2) is 0 Å². The minimum atomic E-state index is -0.0573. The zero-order valence-corrected chi connectivity index (χ0v) is 10.1. The van der Waals surface area contributed by atoms with Crippen molar-refractivity contribution in [3.8, 4) is 15.6 Å². The monoisotopic (exact) mass is 241 g/mol. The van der Waals surface area contributed by atoms with Gasteiger partial charge in [0.25, 0.3) is 0 Å². The van der Waals surface area contributed by atoms with Crippen molar-refractivity contribution in [1.82, 2.24) is 10.2 Å². The molecule has 2 N–H and O–H groups in total. The van der Waals surface area contributed by atoms with E-state index < -0.39 is 0 Å². The summed E-state index contributed by atoms with van der Waals surface area (Å²) in [7, 11) is 1.65. The Bertz CT molecular complexity index is 450. The highest BCUT2D eigenvalue weighted by atomic mass is 32.1. The second-order valence-electron chi connectivity index (χ2n) is 3.08. The lowest BCUT2D eigenvalue weighted by Gasteiger charge is -1.94. The Hall–Kier alpha value is -0.980. The number of methoxy groups -OCH3 is 1. The summed E-state index contributed by atoms with van der Waals surface area (Å²) in [6.45, 7) is 1.90. The Kier molecular flexibility index (Phi) is 2.99. The van der Waals surface area contributed by atoms with Crippen LogP contribution < -0.4 is 10.5 Å². The van der Waals surface area contributed by atoms with Crippen molar-refractivity contribution >= 4 is 22.7 Å². The third kappa shape index (κ3) is 2.17. The van der Waals surface area contributed by atoms with Crippen LogP contribution in [0.25, 0.3) is 9.88 Å². The summed E-state index contributed by atoms with van der Waals surface area (Å²) in [6, 6.07) is 1.90. The molecule has 2 heterocycles. The zero-order valence-electron chi connectivity index (χ0n) is 8.43. The lowest BCUT2D eigenvalue weighted by molar-refractivity contribution is 0.417. The fraction of sp³-hybridized carbons (Fsp3) is 0.333. The highest BCUT2D eigenvalue weighted by Crippen LogP contribution is 2.33. The van der Waals surface area contributed by atoms with Crippen molar-refractivity contribution in [2.45, 2.75) is 13.0 Å². The first-order valence-corrected chi connectivity index (χ1v) is 6.12. The molecule has 0 aliphatic heterocycles. The van der Waals surface area contributed by atoms with E-state index in [1.54, 1.807) is 18.4 Å². The van der Waals surface area contributed by atoms with Crippen LogP contribution >= 0.6 is 22.7 Å². The minimum absolute atomic E-state index is 0.0573. The Morgan fingerprint density at radius 1 is 1.47 bits per heavy atom. The van der Waals surface area contributed by atoms with Crippen LogP contribution in [0.15, 0.2) is 11.4 Å². The third-order valence-electron chi connectivity index (χ3n) is 1.85. The van der Waals surface area contributed by atoms with Crippen LogP contribution in [0.4, 0.5) is 0 Å². The topological polar surface area (TPSA) is 61.0 Å². The highest BCUT2D eigenvalue weighted by Gasteiger charge is 2.11. The maximum atomic E-state index is 5.72. The fourth-order valence-electron chi connectivity index (χ4n) is 1.06. The van der Waals surface area contributed by atoms with Crippen molar-refractivity contribution in [1.29, 1.82) is 0 Å². The van der Waals surface area contributed by atoms with E-state index in [9.17, 15) is 0 Å². The van der Waals surface area contributed by atoms with Gasteiger partial charge in [-0.05, 0) is 6.92 Å². The molecule has 0 aromatic carbocycles. The third-order valence-corrected chi connectivity index (χ3v) is 4.05. The van der Waals surface area contributed by atoms with E-state index >= 15 is 0 Å². The molecule has 0 aliphatic carbocycles. The first kappa shape index (κ1) is 10.5. The van der Waals surface area contributed by atoms with E-state index in [1.165, 1.54) is 11.3 Å². The molecule has 0 saturated carbocycles. The van der Waals surface area contributed by atoms with E-state index in [2.05, 4.69) is 10.2 Å². The number of rotatable bonds is 3. The van der Waals surface area contributed by atoms with Crippen molar-refractivity contribution in [3.63, 3.8) is 0 Å². The van der Waals surface area contributed by atoms with Crippen LogP contribution in [0.5, 0.6) is 5.75 Å². The number of nitrogens with zero attached hydrogens (tertiary/aromatic N) is 2. The molecule has 0 bridgehead atoms. The highest BCUT2D eigenvalue weighted by molar-refractivity contribution is 7.20. The molecule has 0 saturated heterocycles. The van der Waals surface area contributed by atoms with E-state index in [0.717, 1.165) is 20.6 Å². The molecule has 0 aliphatic rings. The lowest BCUT2D eigenvalue weighted by Crippen LogP contribution is -2.03. The Morgan fingerprint density at radius 2 is 2.27 bits per heavy atom. The van der Waals surface area contributed by atoms with Gasteiger partial charge >= 0.3 is 0 Å². The first-order valence-electron chi connectivity index (χ1n) is 4.42. The molecule has 0 amide bonds.